The molecule has 0 bridgehead atoms. The largest absolute Gasteiger partial charge is 0.469 e. The summed E-state index contributed by atoms with van der Waals surface area (Å²) in [6, 6.07) is 0. The van der Waals surface area contributed by atoms with Crippen LogP contribution < -0.4 is 0 Å². The fraction of sp³-hybridized carbons (Fsp3) is 0.917. The van der Waals surface area contributed by atoms with E-state index in [1.807, 2.05) is 13.8 Å². The molecule has 0 amide bonds. The molecule has 0 aromatic rings. The minimum absolute atomic E-state index is 0.110. The van der Waals surface area contributed by atoms with Crippen LogP contribution in [0.1, 0.15) is 20.3 Å². The number of piperazine rings is 1. The fourth-order valence-electron chi connectivity index (χ4n) is 1.89. The van der Waals surface area contributed by atoms with Crippen molar-refractivity contribution in [1.29, 1.82) is 0 Å². The zero-order valence-corrected chi connectivity index (χ0v) is 11.0. The molecule has 1 saturated heterocycles. The molecule has 0 atom stereocenters. The van der Waals surface area contributed by atoms with E-state index in [1.54, 1.807) is 0 Å². The molecule has 16 heavy (non-hydrogen) atoms. The second kappa shape index (κ2) is 5.64. The molecular formula is C12H24N2O2. The lowest BCUT2D eigenvalue weighted by Crippen LogP contribution is -2.45. The molecule has 4 heteroatoms. The van der Waals surface area contributed by atoms with Crippen LogP contribution in [0.3, 0.4) is 0 Å². The summed E-state index contributed by atoms with van der Waals surface area (Å²) in [6.45, 7) is 9.35. The van der Waals surface area contributed by atoms with Crippen molar-refractivity contribution in [2.45, 2.75) is 20.3 Å². The summed E-state index contributed by atoms with van der Waals surface area (Å²) in [7, 11) is 3.61. The first-order valence-corrected chi connectivity index (χ1v) is 5.95. The number of nitrogens with zero attached hydrogens (tertiary/aromatic N) is 2. The van der Waals surface area contributed by atoms with Crippen molar-refractivity contribution in [1.82, 2.24) is 9.80 Å². The number of hydrogen-bond acceptors (Lipinski definition) is 4. The van der Waals surface area contributed by atoms with Crippen molar-refractivity contribution < 1.29 is 9.53 Å². The van der Waals surface area contributed by atoms with Gasteiger partial charge >= 0.3 is 5.97 Å². The maximum Gasteiger partial charge on any atom is 0.311 e. The molecule has 0 N–H and O–H groups in total. The van der Waals surface area contributed by atoms with Gasteiger partial charge in [0.15, 0.2) is 0 Å². The van der Waals surface area contributed by atoms with Crippen LogP contribution >= 0.6 is 0 Å². The van der Waals surface area contributed by atoms with Gasteiger partial charge in [0.2, 0.25) is 0 Å². The van der Waals surface area contributed by atoms with Crippen molar-refractivity contribution in [3.8, 4) is 0 Å². The first-order valence-electron chi connectivity index (χ1n) is 5.95. The van der Waals surface area contributed by atoms with Gasteiger partial charge in [0, 0.05) is 26.2 Å². The Labute approximate surface area is 98.5 Å². The predicted molar refractivity (Wildman–Crippen MR) is 64.4 cm³/mol. The topological polar surface area (TPSA) is 32.8 Å². The van der Waals surface area contributed by atoms with Crippen LogP contribution in [0.15, 0.2) is 0 Å². The number of carbonyl (C=O) groups excluding carboxylic acids is 1. The Morgan fingerprint density at radius 2 is 1.81 bits per heavy atom. The summed E-state index contributed by atoms with van der Waals surface area (Å²) in [5, 5.41) is 0. The van der Waals surface area contributed by atoms with Crippen LogP contribution in [-0.2, 0) is 9.53 Å². The molecule has 94 valence electrons. The zero-order chi connectivity index (χ0) is 12.2. The second-order valence-corrected chi connectivity index (χ2v) is 5.27. The van der Waals surface area contributed by atoms with Crippen molar-refractivity contribution in [2.75, 3.05) is 46.9 Å². The SMILES string of the molecule is COC(=O)C(C)(C)CCN1CCN(C)CC1. The Morgan fingerprint density at radius 1 is 1.25 bits per heavy atom. The minimum atomic E-state index is -0.363. The summed E-state index contributed by atoms with van der Waals surface area (Å²) in [5.41, 5.74) is -0.363. The number of rotatable bonds is 4. The van der Waals surface area contributed by atoms with Crippen molar-refractivity contribution >= 4 is 5.97 Å². The highest BCUT2D eigenvalue weighted by molar-refractivity contribution is 5.75. The van der Waals surface area contributed by atoms with Crippen LogP contribution in [0, 0.1) is 5.41 Å². The molecule has 0 aromatic heterocycles. The van der Waals surface area contributed by atoms with E-state index in [-0.39, 0.29) is 11.4 Å². The van der Waals surface area contributed by atoms with Crippen LogP contribution in [-0.4, -0.2) is 62.7 Å². The average molecular weight is 228 g/mol. The monoisotopic (exact) mass is 228 g/mol. The number of likely N-dealkylation sites (N-methyl/N-ethyl adjacent to an activating group) is 1. The number of esters is 1. The maximum atomic E-state index is 11.5. The lowest BCUT2D eigenvalue weighted by Gasteiger charge is -2.34. The number of ether oxygens (including phenoxy) is 1. The van der Waals surface area contributed by atoms with E-state index in [4.69, 9.17) is 4.74 Å². The normalized spacial score (nSPS) is 19.8. The van der Waals surface area contributed by atoms with Crippen LogP contribution in [0.4, 0.5) is 0 Å². The second-order valence-electron chi connectivity index (χ2n) is 5.27. The molecule has 0 spiro atoms. The van der Waals surface area contributed by atoms with E-state index in [0.717, 1.165) is 39.1 Å². The molecule has 0 unspecified atom stereocenters. The molecule has 1 rings (SSSR count). The molecule has 4 nitrogen and oxygen atoms in total. The third-order valence-corrected chi connectivity index (χ3v) is 3.39. The van der Waals surface area contributed by atoms with E-state index in [2.05, 4.69) is 16.8 Å². The first-order chi connectivity index (χ1) is 7.45. The third kappa shape index (κ3) is 3.76. The Kier molecular flexibility index (Phi) is 4.74. The first kappa shape index (κ1) is 13.5. The quantitative estimate of drug-likeness (QED) is 0.667. The lowest BCUT2D eigenvalue weighted by atomic mass is 9.89. The van der Waals surface area contributed by atoms with Gasteiger partial charge in [0.05, 0.1) is 12.5 Å². The van der Waals surface area contributed by atoms with Crippen molar-refractivity contribution in [3.05, 3.63) is 0 Å². The Balaban J connectivity index is 2.31. The van der Waals surface area contributed by atoms with E-state index in [1.165, 1.54) is 7.11 Å². The Bertz CT molecular complexity index is 233. The standard InChI is InChI=1S/C12H24N2O2/c1-12(2,11(15)16-4)5-6-14-9-7-13(3)8-10-14/h5-10H2,1-4H3. The summed E-state index contributed by atoms with van der Waals surface area (Å²) >= 11 is 0. The molecule has 1 aliphatic heterocycles. The minimum Gasteiger partial charge on any atom is -0.469 e. The number of hydrogen-bond donors (Lipinski definition) is 0. The number of methoxy groups -OCH3 is 1. The average Bonchev–Trinajstić information content (AvgIpc) is 2.27. The smallest absolute Gasteiger partial charge is 0.311 e. The van der Waals surface area contributed by atoms with Gasteiger partial charge in [0.1, 0.15) is 0 Å². The van der Waals surface area contributed by atoms with Crippen molar-refractivity contribution in [3.63, 3.8) is 0 Å². The summed E-state index contributed by atoms with van der Waals surface area (Å²) in [6.07, 6.45) is 0.864. The molecule has 0 saturated carbocycles. The fourth-order valence-corrected chi connectivity index (χ4v) is 1.89. The van der Waals surface area contributed by atoms with E-state index in [9.17, 15) is 4.79 Å². The predicted octanol–water partition coefficient (Wildman–Crippen LogP) is 0.823. The van der Waals surface area contributed by atoms with Gasteiger partial charge in [0.25, 0.3) is 0 Å². The molecule has 1 aliphatic rings. The van der Waals surface area contributed by atoms with Crippen LogP contribution in [0.2, 0.25) is 0 Å². The van der Waals surface area contributed by atoms with E-state index < -0.39 is 0 Å². The molecule has 0 aliphatic carbocycles. The molecular weight excluding hydrogens is 204 g/mol. The summed E-state index contributed by atoms with van der Waals surface area (Å²) in [5.74, 6) is -0.110. The Morgan fingerprint density at radius 3 is 2.31 bits per heavy atom. The molecule has 1 heterocycles. The Hall–Kier alpha value is -0.610. The van der Waals surface area contributed by atoms with Gasteiger partial charge < -0.3 is 14.5 Å². The van der Waals surface area contributed by atoms with Gasteiger partial charge in [-0.05, 0) is 33.9 Å². The van der Waals surface area contributed by atoms with Gasteiger partial charge in [-0.15, -0.1) is 0 Å². The molecule has 0 aromatic carbocycles. The highest BCUT2D eigenvalue weighted by Gasteiger charge is 2.29. The number of carbonyl (C=O) groups is 1. The van der Waals surface area contributed by atoms with Gasteiger partial charge in [-0.1, -0.05) is 0 Å². The van der Waals surface area contributed by atoms with Gasteiger partial charge in [-0.3, -0.25) is 4.79 Å². The molecule has 1 fully saturated rings. The maximum absolute atomic E-state index is 11.5. The van der Waals surface area contributed by atoms with Crippen molar-refractivity contribution in [2.24, 2.45) is 5.41 Å². The summed E-state index contributed by atoms with van der Waals surface area (Å²) in [4.78, 5) is 16.3. The highest BCUT2D eigenvalue weighted by atomic mass is 16.5. The van der Waals surface area contributed by atoms with Gasteiger partial charge in [-0.25, -0.2) is 0 Å². The zero-order valence-electron chi connectivity index (χ0n) is 11.0. The summed E-state index contributed by atoms with van der Waals surface area (Å²) < 4.78 is 4.81. The van der Waals surface area contributed by atoms with E-state index in [0.29, 0.717) is 0 Å². The van der Waals surface area contributed by atoms with Crippen LogP contribution in [0.25, 0.3) is 0 Å². The third-order valence-electron chi connectivity index (χ3n) is 3.39. The van der Waals surface area contributed by atoms with E-state index >= 15 is 0 Å². The molecule has 0 radical (unpaired) electrons. The highest BCUT2D eigenvalue weighted by Crippen LogP contribution is 2.22. The van der Waals surface area contributed by atoms with Crippen LogP contribution in [0.5, 0.6) is 0 Å². The lowest BCUT2D eigenvalue weighted by molar-refractivity contribution is -0.151. The van der Waals surface area contributed by atoms with Gasteiger partial charge in [-0.2, -0.15) is 0 Å².